The lowest BCUT2D eigenvalue weighted by Gasteiger charge is -2.11. The Morgan fingerprint density at radius 2 is 1.83 bits per heavy atom. The van der Waals surface area contributed by atoms with E-state index >= 15 is 0 Å². The first-order valence-electron chi connectivity index (χ1n) is 6.96. The highest BCUT2D eigenvalue weighted by atomic mass is 32.1. The van der Waals surface area contributed by atoms with Gasteiger partial charge in [-0.15, -0.1) is 11.3 Å². The molecule has 0 spiro atoms. The summed E-state index contributed by atoms with van der Waals surface area (Å²) in [5, 5.41) is 0. The summed E-state index contributed by atoms with van der Waals surface area (Å²) in [5.74, 6) is -0.131. The molecule has 5 nitrogen and oxygen atoms in total. The molecule has 0 N–H and O–H groups in total. The van der Waals surface area contributed by atoms with Crippen LogP contribution in [-0.4, -0.2) is 32.6 Å². The second-order valence-electron chi connectivity index (χ2n) is 4.87. The first-order chi connectivity index (χ1) is 11.0. The number of benzene rings is 1. The number of esters is 1. The molecule has 0 aliphatic heterocycles. The van der Waals surface area contributed by atoms with Crippen molar-refractivity contribution in [3.63, 3.8) is 0 Å². The minimum Gasteiger partial charge on any atom is -0.493 e. The molecule has 0 fully saturated rings. The van der Waals surface area contributed by atoms with Crippen LogP contribution >= 0.6 is 11.3 Å². The van der Waals surface area contributed by atoms with Gasteiger partial charge in [-0.25, -0.2) is 4.79 Å². The molecule has 0 saturated heterocycles. The Hall–Kier alpha value is -2.34. The second kappa shape index (κ2) is 7.28. The van der Waals surface area contributed by atoms with Crippen molar-refractivity contribution in [1.82, 2.24) is 0 Å². The van der Waals surface area contributed by atoms with Crippen LogP contribution in [0.25, 0.3) is 0 Å². The van der Waals surface area contributed by atoms with E-state index < -0.39 is 5.97 Å². The summed E-state index contributed by atoms with van der Waals surface area (Å²) in [6, 6.07) is 6.71. The van der Waals surface area contributed by atoms with E-state index in [4.69, 9.17) is 14.2 Å². The number of carbonyl (C=O) groups excluding carboxylic acids is 2. The van der Waals surface area contributed by atoms with Gasteiger partial charge >= 0.3 is 5.97 Å². The third kappa shape index (κ3) is 3.71. The maximum absolute atomic E-state index is 12.2. The van der Waals surface area contributed by atoms with Crippen LogP contribution in [0.4, 0.5) is 0 Å². The van der Waals surface area contributed by atoms with Gasteiger partial charge in [0.2, 0.25) is 5.78 Å². The van der Waals surface area contributed by atoms with E-state index in [-0.39, 0.29) is 23.7 Å². The summed E-state index contributed by atoms with van der Waals surface area (Å²) < 4.78 is 15.5. The molecule has 0 aliphatic carbocycles. The lowest BCUT2D eigenvalue weighted by molar-refractivity contribution is 0.0471. The van der Waals surface area contributed by atoms with Gasteiger partial charge in [-0.2, -0.15) is 0 Å². The number of methoxy groups -OCH3 is 2. The number of ether oxygens (including phenoxy) is 3. The number of hydrogen-bond donors (Lipinski definition) is 0. The van der Waals surface area contributed by atoms with Gasteiger partial charge < -0.3 is 14.2 Å². The molecule has 0 bridgehead atoms. The largest absolute Gasteiger partial charge is 0.493 e. The van der Waals surface area contributed by atoms with E-state index in [9.17, 15) is 9.59 Å². The Morgan fingerprint density at radius 3 is 2.39 bits per heavy atom. The van der Waals surface area contributed by atoms with Crippen molar-refractivity contribution >= 4 is 23.1 Å². The van der Waals surface area contributed by atoms with Crippen LogP contribution in [0.15, 0.2) is 24.3 Å². The maximum Gasteiger partial charge on any atom is 0.342 e. The summed E-state index contributed by atoms with van der Waals surface area (Å²) in [6.07, 6.45) is 0. The monoisotopic (exact) mass is 334 g/mol. The van der Waals surface area contributed by atoms with Crippen molar-refractivity contribution in [1.29, 1.82) is 0 Å². The summed E-state index contributed by atoms with van der Waals surface area (Å²) in [6.45, 7) is 3.50. The fraction of sp³-hybridized carbons (Fsp3) is 0.294. The van der Waals surface area contributed by atoms with Gasteiger partial charge in [-0.3, -0.25) is 4.79 Å². The van der Waals surface area contributed by atoms with E-state index in [1.807, 2.05) is 19.9 Å². The number of ketones is 1. The number of para-hydroxylation sites is 1. The smallest absolute Gasteiger partial charge is 0.342 e. The van der Waals surface area contributed by atoms with Gasteiger partial charge in [0.1, 0.15) is 5.56 Å². The predicted octanol–water partition coefficient (Wildman–Crippen LogP) is 3.42. The number of rotatable bonds is 6. The van der Waals surface area contributed by atoms with Gasteiger partial charge in [0, 0.05) is 15.3 Å². The number of thiophene rings is 1. The molecule has 23 heavy (non-hydrogen) atoms. The number of aryl methyl sites for hydroxylation is 2. The molecular formula is C17H18O5S. The van der Waals surface area contributed by atoms with Crippen LogP contribution in [0.2, 0.25) is 0 Å². The summed E-state index contributed by atoms with van der Waals surface area (Å²) in [5.41, 5.74) is 0.816. The Morgan fingerprint density at radius 1 is 1.09 bits per heavy atom. The van der Waals surface area contributed by atoms with Crippen LogP contribution in [0, 0.1) is 13.8 Å². The van der Waals surface area contributed by atoms with Crippen molar-refractivity contribution in [2.75, 3.05) is 20.8 Å². The highest BCUT2D eigenvalue weighted by molar-refractivity contribution is 7.12. The van der Waals surface area contributed by atoms with Gasteiger partial charge in [0.05, 0.1) is 14.2 Å². The molecule has 1 aromatic carbocycles. The SMILES string of the molecule is COc1cccc(C(=O)OCC(=O)c2cc(C)sc2C)c1OC. The van der Waals surface area contributed by atoms with E-state index in [1.54, 1.807) is 29.5 Å². The van der Waals surface area contributed by atoms with Gasteiger partial charge in [0.25, 0.3) is 0 Å². The highest BCUT2D eigenvalue weighted by Crippen LogP contribution is 2.31. The molecule has 0 radical (unpaired) electrons. The normalized spacial score (nSPS) is 10.3. The van der Waals surface area contributed by atoms with E-state index in [1.165, 1.54) is 14.2 Å². The Bertz CT molecular complexity index is 733. The fourth-order valence-corrected chi connectivity index (χ4v) is 3.18. The van der Waals surface area contributed by atoms with Crippen molar-refractivity contribution in [3.8, 4) is 11.5 Å². The van der Waals surface area contributed by atoms with Crippen molar-refractivity contribution < 1.29 is 23.8 Å². The second-order valence-corrected chi connectivity index (χ2v) is 6.33. The molecule has 1 heterocycles. The van der Waals surface area contributed by atoms with E-state index in [0.29, 0.717) is 11.3 Å². The molecule has 0 amide bonds. The van der Waals surface area contributed by atoms with Crippen LogP contribution in [0.5, 0.6) is 11.5 Å². The first kappa shape index (κ1) is 17.0. The van der Waals surface area contributed by atoms with Crippen LogP contribution in [0.1, 0.15) is 30.5 Å². The third-order valence-corrected chi connectivity index (χ3v) is 4.26. The van der Waals surface area contributed by atoms with E-state index in [2.05, 4.69) is 0 Å². The topological polar surface area (TPSA) is 61.8 Å². The average molecular weight is 334 g/mol. The molecule has 2 aromatic rings. The zero-order valence-corrected chi connectivity index (χ0v) is 14.3. The number of Topliss-reactive ketones (excluding diaryl/α,β-unsaturated/α-hetero) is 1. The molecular weight excluding hydrogens is 316 g/mol. The quantitative estimate of drug-likeness (QED) is 0.598. The number of hydrogen-bond acceptors (Lipinski definition) is 6. The predicted molar refractivity (Wildman–Crippen MR) is 88.0 cm³/mol. The molecule has 122 valence electrons. The maximum atomic E-state index is 12.2. The van der Waals surface area contributed by atoms with Gasteiger partial charge in [-0.05, 0) is 32.0 Å². The molecule has 6 heteroatoms. The lowest BCUT2D eigenvalue weighted by Crippen LogP contribution is -2.15. The van der Waals surface area contributed by atoms with Crippen molar-refractivity contribution in [3.05, 3.63) is 45.1 Å². The summed E-state index contributed by atoms with van der Waals surface area (Å²) >= 11 is 1.54. The molecule has 1 aromatic heterocycles. The summed E-state index contributed by atoms with van der Waals surface area (Å²) in [7, 11) is 2.93. The third-order valence-electron chi connectivity index (χ3n) is 3.30. The minimum atomic E-state index is -0.626. The Balaban J connectivity index is 2.11. The first-order valence-corrected chi connectivity index (χ1v) is 7.78. The molecule has 0 unspecified atom stereocenters. The zero-order chi connectivity index (χ0) is 17.0. The fourth-order valence-electron chi connectivity index (χ4n) is 2.24. The Labute approximate surface area is 138 Å². The number of carbonyl (C=O) groups is 2. The van der Waals surface area contributed by atoms with Crippen LogP contribution in [0.3, 0.4) is 0 Å². The van der Waals surface area contributed by atoms with Gasteiger partial charge in [0.15, 0.2) is 18.1 Å². The lowest BCUT2D eigenvalue weighted by atomic mass is 10.1. The van der Waals surface area contributed by atoms with Crippen LogP contribution < -0.4 is 9.47 Å². The zero-order valence-electron chi connectivity index (χ0n) is 13.5. The summed E-state index contributed by atoms with van der Waals surface area (Å²) in [4.78, 5) is 26.3. The molecule has 2 rings (SSSR count). The highest BCUT2D eigenvalue weighted by Gasteiger charge is 2.20. The molecule has 0 aliphatic rings. The molecule has 0 saturated carbocycles. The van der Waals surface area contributed by atoms with Crippen molar-refractivity contribution in [2.45, 2.75) is 13.8 Å². The minimum absolute atomic E-state index is 0.220. The molecule has 0 atom stereocenters. The van der Waals surface area contributed by atoms with E-state index in [0.717, 1.165) is 9.75 Å². The van der Waals surface area contributed by atoms with Crippen LogP contribution in [-0.2, 0) is 4.74 Å². The van der Waals surface area contributed by atoms with Gasteiger partial charge in [-0.1, -0.05) is 6.07 Å². The Kier molecular flexibility index (Phi) is 5.39. The van der Waals surface area contributed by atoms with Crippen molar-refractivity contribution in [2.24, 2.45) is 0 Å². The average Bonchev–Trinajstić information content (AvgIpc) is 2.89. The standard InChI is InChI=1S/C17H18O5S/c1-10-8-13(11(2)23-10)14(18)9-22-17(19)12-6-5-7-15(20-3)16(12)21-4/h5-8H,9H2,1-4H3.